The fourth-order valence-corrected chi connectivity index (χ4v) is 1.68. The second-order valence-electron chi connectivity index (χ2n) is 5.07. The van der Waals surface area contributed by atoms with Gasteiger partial charge in [-0.2, -0.15) is 0 Å². The lowest BCUT2D eigenvalue weighted by atomic mass is 10.3. The average Bonchev–Trinajstić information content (AvgIpc) is 2.46. The summed E-state index contributed by atoms with van der Waals surface area (Å²) in [6, 6.07) is 6.55. The largest absolute Gasteiger partial charge is 0.356 e. The highest BCUT2D eigenvalue weighted by molar-refractivity contribution is 14.0. The van der Waals surface area contributed by atoms with E-state index in [9.17, 15) is 0 Å². The molecule has 1 aromatic heterocycles. The van der Waals surface area contributed by atoms with Crippen LogP contribution in [0.15, 0.2) is 29.4 Å². The van der Waals surface area contributed by atoms with E-state index in [0.717, 1.165) is 37.7 Å². The van der Waals surface area contributed by atoms with Crippen LogP contribution in [0.4, 0.5) is 0 Å². The number of hydrogen-bond donors (Lipinski definition) is 2. The van der Waals surface area contributed by atoms with Gasteiger partial charge in [0, 0.05) is 51.0 Å². The van der Waals surface area contributed by atoms with Gasteiger partial charge in [-0.3, -0.25) is 9.98 Å². The molecular formula is C15H28IN5. The van der Waals surface area contributed by atoms with Crippen molar-refractivity contribution in [3.05, 3.63) is 30.1 Å². The zero-order valence-corrected chi connectivity index (χ0v) is 15.8. The predicted molar refractivity (Wildman–Crippen MR) is 100 cm³/mol. The summed E-state index contributed by atoms with van der Waals surface area (Å²) in [4.78, 5) is 10.8. The SMILES string of the molecule is CN=C(NCCc1ccccn1)NCCN(C)C(C)C.I. The van der Waals surface area contributed by atoms with Crippen LogP contribution in [-0.2, 0) is 6.42 Å². The maximum atomic E-state index is 4.30. The second kappa shape index (κ2) is 11.7. The van der Waals surface area contributed by atoms with Crippen molar-refractivity contribution in [2.24, 2.45) is 4.99 Å². The molecule has 1 aromatic rings. The molecular weight excluding hydrogens is 377 g/mol. The minimum absolute atomic E-state index is 0. The van der Waals surface area contributed by atoms with Gasteiger partial charge in [0.05, 0.1) is 0 Å². The summed E-state index contributed by atoms with van der Waals surface area (Å²) < 4.78 is 0. The summed E-state index contributed by atoms with van der Waals surface area (Å²) in [7, 11) is 3.92. The number of halogens is 1. The Hall–Kier alpha value is -0.890. The lowest BCUT2D eigenvalue weighted by Crippen LogP contribution is -2.42. The molecule has 0 aromatic carbocycles. The molecule has 21 heavy (non-hydrogen) atoms. The van der Waals surface area contributed by atoms with Crippen LogP contribution in [0.1, 0.15) is 19.5 Å². The first-order valence-electron chi connectivity index (χ1n) is 7.18. The molecule has 5 nitrogen and oxygen atoms in total. The normalized spacial score (nSPS) is 11.4. The highest BCUT2D eigenvalue weighted by Gasteiger charge is 2.03. The molecule has 1 heterocycles. The summed E-state index contributed by atoms with van der Waals surface area (Å²) in [5.41, 5.74) is 1.09. The van der Waals surface area contributed by atoms with E-state index < -0.39 is 0 Å². The Balaban J connectivity index is 0.00000400. The number of pyridine rings is 1. The van der Waals surface area contributed by atoms with Crippen molar-refractivity contribution >= 4 is 29.9 Å². The molecule has 0 fully saturated rings. The Morgan fingerprint density at radius 1 is 1.29 bits per heavy atom. The molecule has 0 amide bonds. The van der Waals surface area contributed by atoms with Crippen molar-refractivity contribution in [2.75, 3.05) is 33.7 Å². The zero-order valence-electron chi connectivity index (χ0n) is 13.5. The number of rotatable bonds is 7. The zero-order chi connectivity index (χ0) is 14.8. The molecule has 0 spiro atoms. The van der Waals surface area contributed by atoms with Crippen LogP contribution < -0.4 is 10.6 Å². The van der Waals surface area contributed by atoms with Gasteiger partial charge >= 0.3 is 0 Å². The lowest BCUT2D eigenvalue weighted by molar-refractivity contribution is 0.278. The maximum Gasteiger partial charge on any atom is 0.191 e. The molecule has 0 aliphatic rings. The van der Waals surface area contributed by atoms with Crippen LogP contribution in [0.25, 0.3) is 0 Å². The van der Waals surface area contributed by atoms with Gasteiger partial charge in [0.25, 0.3) is 0 Å². The number of nitrogens with zero attached hydrogens (tertiary/aromatic N) is 3. The number of hydrogen-bond acceptors (Lipinski definition) is 3. The topological polar surface area (TPSA) is 52.6 Å². The van der Waals surface area contributed by atoms with Crippen molar-refractivity contribution in [1.29, 1.82) is 0 Å². The Morgan fingerprint density at radius 3 is 2.57 bits per heavy atom. The van der Waals surface area contributed by atoms with Gasteiger partial charge in [0.2, 0.25) is 0 Å². The smallest absolute Gasteiger partial charge is 0.191 e. The van der Waals surface area contributed by atoms with E-state index in [1.807, 2.05) is 24.4 Å². The summed E-state index contributed by atoms with van der Waals surface area (Å²) in [5.74, 6) is 0.845. The third-order valence-electron chi connectivity index (χ3n) is 3.26. The van der Waals surface area contributed by atoms with E-state index in [2.05, 4.69) is 46.4 Å². The number of likely N-dealkylation sites (N-methyl/N-ethyl adjacent to an activating group) is 1. The first-order chi connectivity index (χ1) is 9.63. The highest BCUT2D eigenvalue weighted by Crippen LogP contribution is 1.93. The van der Waals surface area contributed by atoms with Crippen LogP contribution in [0.5, 0.6) is 0 Å². The molecule has 2 N–H and O–H groups in total. The van der Waals surface area contributed by atoms with Gasteiger partial charge in [-0.15, -0.1) is 24.0 Å². The Morgan fingerprint density at radius 2 is 2.00 bits per heavy atom. The molecule has 0 atom stereocenters. The van der Waals surface area contributed by atoms with E-state index in [4.69, 9.17) is 0 Å². The lowest BCUT2D eigenvalue weighted by Gasteiger charge is -2.21. The number of aromatic nitrogens is 1. The van der Waals surface area contributed by atoms with Gasteiger partial charge in [-0.1, -0.05) is 6.07 Å². The van der Waals surface area contributed by atoms with Gasteiger partial charge < -0.3 is 15.5 Å². The van der Waals surface area contributed by atoms with Crippen LogP contribution in [0, 0.1) is 0 Å². The first kappa shape index (κ1) is 20.1. The Kier molecular flexibility index (Phi) is 11.2. The van der Waals surface area contributed by atoms with E-state index in [0.29, 0.717) is 6.04 Å². The van der Waals surface area contributed by atoms with E-state index in [1.54, 1.807) is 7.05 Å². The average molecular weight is 405 g/mol. The third-order valence-corrected chi connectivity index (χ3v) is 3.26. The number of guanidine groups is 1. The second-order valence-corrected chi connectivity index (χ2v) is 5.07. The van der Waals surface area contributed by atoms with E-state index in [-0.39, 0.29) is 24.0 Å². The van der Waals surface area contributed by atoms with Crippen molar-refractivity contribution in [3.8, 4) is 0 Å². The molecule has 0 aliphatic carbocycles. The van der Waals surface area contributed by atoms with E-state index in [1.165, 1.54) is 0 Å². The van der Waals surface area contributed by atoms with Gasteiger partial charge in [0.15, 0.2) is 5.96 Å². The van der Waals surface area contributed by atoms with Crippen molar-refractivity contribution in [1.82, 2.24) is 20.5 Å². The predicted octanol–water partition coefficient (Wildman–Crippen LogP) is 1.75. The summed E-state index contributed by atoms with van der Waals surface area (Å²) in [5, 5.41) is 6.62. The van der Waals surface area contributed by atoms with Crippen LogP contribution in [0.2, 0.25) is 0 Å². The molecule has 6 heteroatoms. The quantitative estimate of drug-likeness (QED) is 0.412. The van der Waals surface area contributed by atoms with Crippen LogP contribution in [-0.4, -0.2) is 55.6 Å². The monoisotopic (exact) mass is 405 g/mol. The Bertz CT molecular complexity index is 394. The molecule has 0 aliphatic heterocycles. The summed E-state index contributed by atoms with van der Waals surface area (Å²) in [6.07, 6.45) is 2.72. The number of aliphatic imine (C=N–C) groups is 1. The summed E-state index contributed by atoms with van der Waals surface area (Å²) in [6.45, 7) is 7.10. The van der Waals surface area contributed by atoms with Gasteiger partial charge in [-0.25, -0.2) is 0 Å². The summed E-state index contributed by atoms with van der Waals surface area (Å²) >= 11 is 0. The van der Waals surface area contributed by atoms with Crippen molar-refractivity contribution in [3.63, 3.8) is 0 Å². The molecule has 0 bridgehead atoms. The first-order valence-corrected chi connectivity index (χ1v) is 7.18. The standard InChI is InChI=1S/C15H27N5.HI/c1-13(2)20(4)12-11-19-15(16-3)18-10-8-14-7-5-6-9-17-14;/h5-7,9,13H,8,10-12H2,1-4H3,(H2,16,18,19);1H. The molecule has 0 radical (unpaired) electrons. The number of nitrogens with one attached hydrogen (secondary N) is 2. The fourth-order valence-electron chi connectivity index (χ4n) is 1.68. The van der Waals surface area contributed by atoms with Crippen LogP contribution in [0.3, 0.4) is 0 Å². The minimum atomic E-state index is 0. The minimum Gasteiger partial charge on any atom is -0.356 e. The third kappa shape index (κ3) is 8.87. The molecule has 1 rings (SSSR count). The molecule has 0 saturated heterocycles. The molecule has 120 valence electrons. The highest BCUT2D eigenvalue weighted by atomic mass is 127. The van der Waals surface area contributed by atoms with Gasteiger partial charge in [0.1, 0.15) is 0 Å². The van der Waals surface area contributed by atoms with E-state index >= 15 is 0 Å². The molecule has 0 saturated carbocycles. The van der Waals surface area contributed by atoms with Gasteiger partial charge in [-0.05, 0) is 33.0 Å². The fraction of sp³-hybridized carbons (Fsp3) is 0.600. The Labute approximate surface area is 145 Å². The van der Waals surface area contributed by atoms with Crippen molar-refractivity contribution < 1.29 is 0 Å². The maximum absolute atomic E-state index is 4.30. The molecule has 0 unspecified atom stereocenters. The van der Waals surface area contributed by atoms with Crippen LogP contribution >= 0.6 is 24.0 Å². The van der Waals surface area contributed by atoms with Crippen molar-refractivity contribution in [2.45, 2.75) is 26.3 Å².